The first-order chi connectivity index (χ1) is 10.6. The van der Waals surface area contributed by atoms with Crippen LogP contribution < -0.4 is 0 Å². The second-order valence-corrected chi connectivity index (χ2v) is 9.37. The molecular formula is C19H33N3O. The van der Waals surface area contributed by atoms with Gasteiger partial charge in [-0.3, -0.25) is 9.89 Å². The van der Waals surface area contributed by atoms with Crippen LogP contribution >= 0.6 is 0 Å². The van der Waals surface area contributed by atoms with Gasteiger partial charge in [0.2, 0.25) is 0 Å². The molecule has 0 N–H and O–H groups in total. The summed E-state index contributed by atoms with van der Waals surface area (Å²) in [6.45, 7) is 21.2. The summed E-state index contributed by atoms with van der Waals surface area (Å²) in [5.41, 5.74) is 3.31. The van der Waals surface area contributed by atoms with Crippen molar-refractivity contribution in [3.63, 3.8) is 0 Å². The van der Waals surface area contributed by atoms with E-state index in [-0.39, 0.29) is 16.9 Å². The van der Waals surface area contributed by atoms with Crippen LogP contribution in [0.2, 0.25) is 0 Å². The number of aliphatic imine (C=N–C) groups is 1. The highest BCUT2D eigenvalue weighted by Crippen LogP contribution is 2.43. The zero-order valence-corrected chi connectivity index (χ0v) is 15.9. The Labute approximate surface area is 141 Å². The van der Waals surface area contributed by atoms with Crippen molar-refractivity contribution in [3.8, 4) is 0 Å². The molecule has 0 aromatic carbocycles. The zero-order chi connectivity index (χ0) is 17.0. The van der Waals surface area contributed by atoms with Gasteiger partial charge in [0.25, 0.3) is 0 Å². The molecule has 0 amide bonds. The largest absolute Gasteiger partial charge is 0.378 e. The van der Waals surface area contributed by atoms with E-state index >= 15 is 0 Å². The summed E-state index contributed by atoms with van der Waals surface area (Å²) in [7, 11) is 0. The Bertz CT molecular complexity index is 532. The molecule has 130 valence electrons. The van der Waals surface area contributed by atoms with Gasteiger partial charge in [-0.05, 0) is 23.3 Å². The van der Waals surface area contributed by atoms with E-state index in [2.05, 4.69) is 58.3 Å². The summed E-state index contributed by atoms with van der Waals surface area (Å²) in [6, 6.07) is 0.879. The van der Waals surface area contributed by atoms with Crippen LogP contribution in [0.15, 0.2) is 16.3 Å². The summed E-state index contributed by atoms with van der Waals surface area (Å²) in [6.07, 6.45) is 0. The number of hydrogen-bond acceptors (Lipinski definition) is 4. The summed E-state index contributed by atoms with van der Waals surface area (Å²) >= 11 is 0. The van der Waals surface area contributed by atoms with Gasteiger partial charge >= 0.3 is 0 Å². The minimum Gasteiger partial charge on any atom is -0.378 e. The summed E-state index contributed by atoms with van der Waals surface area (Å²) < 4.78 is 5.42. The average molecular weight is 319 g/mol. The second-order valence-electron chi connectivity index (χ2n) is 9.37. The summed E-state index contributed by atoms with van der Waals surface area (Å²) in [5, 5.41) is 0. The van der Waals surface area contributed by atoms with Gasteiger partial charge in [-0.1, -0.05) is 41.5 Å². The Morgan fingerprint density at radius 3 is 2.17 bits per heavy atom. The lowest BCUT2D eigenvalue weighted by atomic mass is 9.71. The van der Waals surface area contributed by atoms with E-state index in [9.17, 15) is 0 Å². The van der Waals surface area contributed by atoms with Crippen molar-refractivity contribution in [1.29, 1.82) is 0 Å². The third-order valence-corrected chi connectivity index (χ3v) is 5.35. The van der Waals surface area contributed by atoms with Crippen molar-refractivity contribution >= 4 is 5.84 Å². The predicted molar refractivity (Wildman–Crippen MR) is 95.7 cm³/mol. The number of nitrogens with zero attached hydrogens (tertiary/aromatic N) is 3. The van der Waals surface area contributed by atoms with Crippen molar-refractivity contribution in [2.45, 2.75) is 60.5 Å². The molecule has 2 saturated heterocycles. The zero-order valence-electron chi connectivity index (χ0n) is 15.9. The second kappa shape index (κ2) is 5.59. The van der Waals surface area contributed by atoms with Crippen molar-refractivity contribution in [2.24, 2.45) is 15.8 Å². The normalized spacial score (nSPS) is 27.7. The van der Waals surface area contributed by atoms with Crippen LogP contribution in [0, 0.1) is 10.8 Å². The van der Waals surface area contributed by atoms with Gasteiger partial charge in [-0.25, -0.2) is 0 Å². The quantitative estimate of drug-likeness (QED) is 0.743. The molecule has 4 heteroatoms. The first kappa shape index (κ1) is 17.0. The molecule has 4 nitrogen and oxygen atoms in total. The number of ether oxygens (including phenoxy) is 1. The summed E-state index contributed by atoms with van der Waals surface area (Å²) in [4.78, 5) is 10.2. The molecule has 3 heterocycles. The number of hydrogen-bond donors (Lipinski definition) is 0. The molecule has 23 heavy (non-hydrogen) atoms. The highest BCUT2D eigenvalue weighted by molar-refractivity contribution is 5.83. The molecule has 0 radical (unpaired) electrons. The standard InChI is InChI=1S/C19H33N3O/c1-13-20-17(19(5,6)7)16(18(2,3)4)15-10-21(8-9-22(13)15)14-11-23-12-14/h14,17H,8-12H2,1-7H3. The topological polar surface area (TPSA) is 28.1 Å². The monoisotopic (exact) mass is 319 g/mol. The fraction of sp³-hybridized carbons (Fsp3) is 0.842. The maximum atomic E-state index is 5.42. The average Bonchev–Trinajstić information content (AvgIpc) is 2.33. The SMILES string of the molecule is CC1=NC(C(C)(C)C)C(C(C)(C)C)=C2CN(C3COC3)CCN12. The van der Waals surface area contributed by atoms with Crippen LogP contribution in [0.25, 0.3) is 0 Å². The number of fused-ring (bicyclic) bond motifs is 1. The van der Waals surface area contributed by atoms with Gasteiger partial charge < -0.3 is 9.64 Å². The number of piperazine rings is 1. The molecule has 0 aromatic rings. The Balaban J connectivity index is 2.02. The Hall–Kier alpha value is -0.870. The van der Waals surface area contributed by atoms with Crippen LogP contribution in [-0.2, 0) is 4.74 Å². The maximum Gasteiger partial charge on any atom is 0.101 e. The minimum atomic E-state index is 0.134. The maximum absolute atomic E-state index is 5.42. The van der Waals surface area contributed by atoms with Crippen LogP contribution in [0.4, 0.5) is 0 Å². The molecule has 3 aliphatic rings. The molecule has 3 aliphatic heterocycles. The summed E-state index contributed by atoms with van der Waals surface area (Å²) in [5.74, 6) is 1.19. The molecule has 3 rings (SSSR count). The van der Waals surface area contributed by atoms with E-state index in [1.165, 1.54) is 17.1 Å². The first-order valence-electron chi connectivity index (χ1n) is 8.96. The highest BCUT2D eigenvalue weighted by Gasteiger charge is 2.43. The van der Waals surface area contributed by atoms with Crippen LogP contribution in [-0.4, -0.2) is 60.6 Å². The van der Waals surface area contributed by atoms with Crippen molar-refractivity contribution in [2.75, 3.05) is 32.8 Å². The van der Waals surface area contributed by atoms with Gasteiger partial charge in [0.05, 0.1) is 25.3 Å². The molecule has 0 aromatic heterocycles. The fourth-order valence-electron chi connectivity index (χ4n) is 4.00. The van der Waals surface area contributed by atoms with E-state index < -0.39 is 0 Å². The van der Waals surface area contributed by atoms with Gasteiger partial charge in [0.1, 0.15) is 5.84 Å². The van der Waals surface area contributed by atoms with Crippen molar-refractivity contribution in [1.82, 2.24) is 9.80 Å². The predicted octanol–water partition coefficient (Wildman–Crippen LogP) is 3.15. The molecule has 0 aliphatic carbocycles. The molecule has 0 spiro atoms. The van der Waals surface area contributed by atoms with E-state index in [0.717, 1.165) is 32.8 Å². The third kappa shape index (κ3) is 3.08. The molecule has 0 saturated carbocycles. The van der Waals surface area contributed by atoms with Crippen molar-refractivity contribution < 1.29 is 4.74 Å². The molecule has 1 unspecified atom stereocenters. The van der Waals surface area contributed by atoms with Gasteiger partial charge in [0.15, 0.2) is 0 Å². The van der Waals surface area contributed by atoms with E-state index in [1.54, 1.807) is 0 Å². The smallest absolute Gasteiger partial charge is 0.101 e. The third-order valence-electron chi connectivity index (χ3n) is 5.35. The van der Waals surface area contributed by atoms with Crippen LogP contribution in [0.1, 0.15) is 48.5 Å². The minimum absolute atomic E-state index is 0.134. The molecular weight excluding hydrogens is 286 g/mol. The molecule has 1 atom stereocenters. The van der Waals surface area contributed by atoms with Gasteiger partial charge in [-0.2, -0.15) is 0 Å². The highest BCUT2D eigenvalue weighted by atomic mass is 16.5. The number of amidine groups is 1. The molecule has 2 fully saturated rings. The van der Waals surface area contributed by atoms with Crippen LogP contribution in [0.3, 0.4) is 0 Å². The lowest BCUT2D eigenvalue weighted by molar-refractivity contribution is -0.0687. The number of rotatable bonds is 1. The Morgan fingerprint density at radius 1 is 1.04 bits per heavy atom. The van der Waals surface area contributed by atoms with E-state index in [1.807, 2.05) is 0 Å². The van der Waals surface area contributed by atoms with E-state index in [4.69, 9.17) is 9.73 Å². The lowest BCUT2D eigenvalue weighted by Crippen LogP contribution is -2.58. The van der Waals surface area contributed by atoms with Gasteiger partial charge in [0, 0.05) is 25.3 Å². The molecule has 0 bridgehead atoms. The van der Waals surface area contributed by atoms with Crippen molar-refractivity contribution in [3.05, 3.63) is 11.3 Å². The Kier molecular flexibility index (Phi) is 4.13. The van der Waals surface area contributed by atoms with E-state index in [0.29, 0.717) is 6.04 Å². The lowest BCUT2D eigenvalue weighted by Gasteiger charge is -2.50. The first-order valence-corrected chi connectivity index (χ1v) is 8.96. The van der Waals surface area contributed by atoms with Crippen LogP contribution in [0.5, 0.6) is 0 Å². The fourth-order valence-corrected chi connectivity index (χ4v) is 4.00. The Morgan fingerprint density at radius 2 is 1.70 bits per heavy atom. The van der Waals surface area contributed by atoms with Gasteiger partial charge in [-0.15, -0.1) is 0 Å².